The van der Waals surface area contributed by atoms with Crippen LogP contribution in [0.5, 0.6) is 5.75 Å². The second-order valence-corrected chi connectivity index (χ2v) is 4.40. The first-order valence-electron chi connectivity index (χ1n) is 5.52. The van der Waals surface area contributed by atoms with Crippen molar-refractivity contribution >= 4 is 17.9 Å². The van der Waals surface area contributed by atoms with E-state index in [1.165, 1.54) is 0 Å². The fourth-order valence-corrected chi connectivity index (χ4v) is 1.69. The van der Waals surface area contributed by atoms with E-state index in [1.807, 2.05) is 32.0 Å². The van der Waals surface area contributed by atoms with E-state index < -0.39 is 0 Å². The molecule has 0 aromatic heterocycles. The third-order valence-electron chi connectivity index (χ3n) is 2.15. The number of hydrogen-bond acceptors (Lipinski definition) is 2. The van der Waals surface area contributed by atoms with Crippen molar-refractivity contribution in [3.63, 3.8) is 0 Å². The second kappa shape index (κ2) is 6.54. The summed E-state index contributed by atoms with van der Waals surface area (Å²) in [6.45, 7) is 3.93. The molecule has 0 N–H and O–H groups in total. The van der Waals surface area contributed by atoms with Gasteiger partial charge in [-0.2, -0.15) is 0 Å². The first-order chi connectivity index (χ1) is 7.63. The normalized spacial score (nSPS) is 10.5. The molecule has 0 aliphatic heterocycles. The van der Waals surface area contributed by atoms with Crippen molar-refractivity contribution in [2.24, 2.45) is 0 Å². The van der Waals surface area contributed by atoms with Crippen LogP contribution in [0.25, 0.3) is 0 Å². The van der Waals surface area contributed by atoms with Gasteiger partial charge in [0, 0.05) is 6.42 Å². The van der Waals surface area contributed by atoms with Crippen LogP contribution in [0.4, 0.5) is 0 Å². The Balaban J connectivity index is 2.63. The lowest BCUT2D eigenvalue weighted by molar-refractivity contribution is -0.107. The maximum Gasteiger partial charge on any atom is 0.138 e. The predicted octanol–water partition coefficient (Wildman–Crippen LogP) is 3.65. The number of carbonyl (C=O) groups excluding carboxylic acids is 1. The van der Waals surface area contributed by atoms with Gasteiger partial charge in [0.05, 0.1) is 11.1 Å². The number of unbranched alkanes of at least 4 members (excludes halogenated alkanes) is 1. The van der Waals surface area contributed by atoms with Crippen LogP contribution in [-0.2, 0) is 11.2 Å². The summed E-state index contributed by atoms with van der Waals surface area (Å²) in [4.78, 5) is 10.2. The van der Waals surface area contributed by atoms with Crippen molar-refractivity contribution in [2.45, 2.75) is 39.2 Å². The fourth-order valence-electron chi connectivity index (χ4n) is 1.44. The Morgan fingerprint density at radius 1 is 1.44 bits per heavy atom. The van der Waals surface area contributed by atoms with E-state index in [9.17, 15) is 4.79 Å². The van der Waals surface area contributed by atoms with Gasteiger partial charge in [0.2, 0.25) is 0 Å². The average molecular weight is 241 g/mol. The van der Waals surface area contributed by atoms with E-state index in [0.717, 1.165) is 30.4 Å². The lowest BCUT2D eigenvalue weighted by Gasteiger charge is -2.12. The summed E-state index contributed by atoms with van der Waals surface area (Å²) in [7, 11) is 0. The van der Waals surface area contributed by atoms with Crippen LogP contribution in [-0.4, -0.2) is 12.4 Å². The van der Waals surface area contributed by atoms with Crippen LogP contribution in [0, 0.1) is 0 Å². The Labute approximate surface area is 102 Å². The van der Waals surface area contributed by atoms with E-state index in [1.54, 1.807) is 0 Å². The van der Waals surface area contributed by atoms with Gasteiger partial charge in [-0.15, -0.1) is 0 Å². The Morgan fingerprint density at radius 2 is 2.19 bits per heavy atom. The Hall–Kier alpha value is -1.02. The van der Waals surface area contributed by atoms with Crippen molar-refractivity contribution in [3.8, 4) is 5.75 Å². The minimum Gasteiger partial charge on any atom is -0.489 e. The largest absolute Gasteiger partial charge is 0.489 e. The van der Waals surface area contributed by atoms with Crippen molar-refractivity contribution in [3.05, 3.63) is 28.8 Å². The molecule has 0 unspecified atom stereocenters. The van der Waals surface area contributed by atoms with Crippen molar-refractivity contribution in [1.29, 1.82) is 0 Å². The van der Waals surface area contributed by atoms with Gasteiger partial charge in [-0.05, 0) is 44.4 Å². The van der Waals surface area contributed by atoms with Gasteiger partial charge in [0.1, 0.15) is 12.0 Å². The van der Waals surface area contributed by atoms with E-state index in [0.29, 0.717) is 11.4 Å². The van der Waals surface area contributed by atoms with Crippen LogP contribution in [0.15, 0.2) is 18.2 Å². The molecule has 0 saturated heterocycles. The Kier molecular flexibility index (Phi) is 5.33. The summed E-state index contributed by atoms with van der Waals surface area (Å²) in [5.74, 6) is 0.718. The second-order valence-electron chi connectivity index (χ2n) is 3.99. The van der Waals surface area contributed by atoms with Crippen molar-refractivity contribution in [2.75, 3.05) is 0 Å². The standard InChI is InChI=1S/C13H17ClO2/c1-10(2)16-13-7-6-11(9-12(13)14)5-3-4-8-15/h6-10H,3-5H2,1-2H3. The summed E-state index contributed by atoms with van der Waals surface area (Å²) >= 11 is 6.09. The number of benzene rings is 1. The highest BCUT2D eigenvalue weighted by molar-refractivity contribution is 6.32. The van der Waals surface area contributed by atoms with Crippen LogP contribution in [0.2, 0.25) is 5.02 Å². The summed E-state index contributed by atoms with van der Waals surface area (Å²) < 4.78 is 5.54. The molecule has 16 heavy (non-hydrogen) atoms. The summed E-state index contributed by atoms with van der Waals surface area (Å²) in [5, 5.41) is 0.636. The van der Waals surface area contributed by atoms with Crippen LogP contribution in [0.3, 0.4) is 0 Å². The lowest BCUT2D eigenvalue weighted by atomic mass is 10.1. The molecule has 0 heterocycles. The van der Waals surface area contributed by atoms with Gasteiger partial charge in [-0.25, -0.2) is 0 Å². The molecule has 2 nitrogen and oxygen atoms in total. The number of aryl methyl sites for hydroxylation is 1. The molecule has 0 bridgehead atoms. The third-order valence-corrected chi connectivity index (χ3v) is 2.44. The van der Waals surface area contributed by atoms with Gasteiger partial charge in [-0.1, -0.05) is 17.7 Å². The maximum absolute atomic E-state index is 10.2. The summed E-state index contributed by atoms with van der Waals surface area (Å²) in [5.41, 5.74) is 1.14. The van der Waals surface area contributed by atoms with Crippen LogP contribution >= 0.6 is 11.6 Å². The average Bonchev–Trinajstić information content (AvgIpc) is 2.22. The first kappa shape index (κ1) is 13.0. The SMILES string of the molecule is CC(C)Oc1ccc(CCCC=O)cc1Cl. The zero-order valence-corrected chi connectivity index (χ0v) is 10.5. The zero-order chi connectivity index (χ0) is 12.0. The van der Waals surface area contributed by atoms with Gasteiger partial charge >= 0.3 is 0 Å². The van der Waals surface area contributed by atoms with Crippen LogP contribution < -0.4 is 4.74 Å². The molecular weight excluding hydrogens is 224 g/mol. The molecule has 0 amide bonds. The number of aldehydes is 1. The van der Waals surface area contributed by atoms with Gasteiger partial charge in [-0.3, -0.25) is 0 Å². The monoisotopic (exact) mass is 240 g/mol. The Morgan fingerprint density at radius 3 is 2.75 bits per heavy atom. The molecule has 0 radical (unpaired) electrons. The molecule has 0 fully saturated rings. The number of halogens is 1. The summed E-state index contributed by atoms with van der Waals surface area (Å²) in [6, 6.07) is 5.79. The Bertz CT molecular complexity index is 348. The lowest BCUT2D eigenvalue weighted by Crippen LogP contribution is -2.05. The molecule has 0 spiro atoms. The molecule has 0 saturated carbocycles. The molecule has 0 aliphatic rings. The van der Waals surface area contributed by atoms with Gasteiger partial charge in [0.15, 0.2) is 0 Å². The van der Waals surface area contributed by atoms with Crippen molar-refractivity contribution in [1.82, 2.24) is 0 Å². The van der Waals surface area contributed by atoms with E-state index in [4.69, 9.17) is 16.3 Å². The summed E-state index contributed by atoms with van der Waals surface area (Å²) in [6.07, 6.45) is 3.41. The molecule has 88 valence electrons. The maximum atomic E-state index is 10.2. The van der Waals surface area contributed by atoms with Crippen LogP contribution in [0.1, 0.15) is 32.3 Å². The highest BCUT2D eigenvalue weighted by Gasteiger charge is 2.04. The van der Waals surface area contributed by atoms with Crippen molar-refractivity contribution < 1.29 is 9.53 Å². The molecule has 3 heteroatoms. The van der Waals surface area contributed by atoms with Gasteiger partial charge < -0.3 is 9.53 Å². The number of hydrogen-bond donors (Lipinski definition) is 0. The number of rotatable bonds is 6. The first-order valence-corrected chi connectivity index (χ1v) is 5.90. The molecule has 0 atom stereocenters. The third kappa shape index (κ3) is 4.23. The molecule has 1 rings (SSSR count). The molecule has 0 aliphatic carbocycles. The van der Waals surface area contributed by atoms with E-state index >= 15 is 0 Å². The highest BCUT2D eigenvalue weighted by atomic mass is 35.5. The topological polar surface area (TPSA) is 26.3 Å². The van der Waals surface area contributed by atoms with E-state index in [2.05, 4.69) is 0 Å². The smallest absolute Gasteiger partial charge is 0.138 e. The number of ether oxygens (including phenoxy) is 1. The minimum absolute atomic E-state index is 0.124. The number of carbonyl (C=O) groups is 1. The minimum atomic E-state index is 0.124. The van der Waals surface area contributed by atoms with Gasteiger partial charge in [0.25, 0.3) is 0 Å². The zero-order valence-electron chi connectivity index (χ0n) is 9.70. The molecular formula is C13H17ClO2. The molecule has 1 aromatic carbocycles. The highest BCUT2D eigenvalue weighted by Crippen LogP contribution is 2.26. The quantitative estimate of drug-likeness (QED) is 0.561. The molecule has 1 aromatic rings. The van der Waals surface area contributed by atoms with E-state index in [-0.39, 0.29) is 6.10 Å². The predicted molar refractivity (Wildman–Crippen MR) is 66.2 cm³/mol. The fraction of sp³-hybridized carbons (Fsp3) is 0.462.